The van der Waals surface area contributed by atoms with Crippen LogP contribution in [0.3, 0.4) is 0 Å². The van der Waals surface area contributed by atoms with Gasteiger partial charge in [-0.3, -0.25) is 0 Å². The summed E-state index contributed by atoms with van der Waals surface area (Å²) < 4.78 is 0. The standard InChI is InChI=1S/C18H19N3/c1-13-7-8-16(19)15-10-12-21-18(17(13)15)20-11-9-14-5-3-2-4-6-14/h2-8,10,12H,9,11,19H2,1H3,(H,20,21). The number of nitrogens with one attached hydrogen (secondary N) is 1. The van der Waals surface area contributed by atoms with E-state index in [-0.39, 0.29) is 0 Å². The molecule has 0 fully saturated rings. The van der Waals surface area contributed by atoms with E-state index in [0.29, 0.717) is 0 Å². The predicted octanol–water partition coefficient (Wildman–Crippen LogP) is 3.78. The number of nitrogen functional groups attached to an aromatic ring is 1. The summed E-state index contributed by atoms with van der Waals surface area (Å²) in [6.45, 7) is 2.94. The van der Waals surface area contributed by atoms with Gasteiger partial charge in [0.25, 0.3) is 0 Å². The minimum Gasteiger partial charge on any atom is -0.398 e. The van der Waals surface area contributed by atoms with Crippen LogP contribution in [0.4, 0.5) is 11.5 Å². The number of pyridine rings is 1. The molecule has 0 saturated carbocycles. The van der Waals surface area contributed by atoms with Crippen molar-refractivity contribution in [2.75, 3.05) is 17.6 Å². The second kappa shape index (κ2) is 5.83. The topological polar surface area (TPSA) is 50.9 Å². The van der Waals surface area contributed by atoms with Gasteiger partial charge in [-0.15, -0.1) is 0 Å². The van der Waals surface area contributed by atoms with E-state index in [2.05, 4.69) is 41.5 Å². The minimum atomic E-state index is 0.795. The molecule has 0 amide bonds. The summed E-state index contributed by atoms with van der Waals surface area (Å²) in [7, 11) is 0. The Morgan fingerprint density at radius 1 is 1.05 bits per heavy atom. The Labute approximate surface area is 124 Å². The summed E-state index contributed by atoms with van der Waals surface area (Å²) in [5, 5.41) is 5.62. The molecule has 3 rings (SSSR count). The molecular formula is C18H19N3. The highest BCUT2D eigenvalue weighted by Gasteiger charge is 2.07. The molecule has 0 unspecified atom stereocenters. The number of hydrogen-bond acceptors (Lipinski definition) is 3. The lowest BCUT2D eigenvalue weighted by atomic mass is 10.1. The Bertz CT molecular complexity index is 751. The lowest BCUT2D eigenvalue weighted by molar-refractivity contribution is 1.01. The number of nitrogens with zero attached hydrogens (tertiary/aromatic N) is 1. The quantitative estimate of drug-likeness (QED) is 0.713. The van der Waals surface area contributed by atoms with Crippen molar-refractivity contribution < 1.29 is 0 Å². The smallest absolute Gasteiger partial charge is 0.134 e. The largest absolute Gasteiger partial charge is 0.398 e. The van der Waals surface area contributed by atoms with Crippen molar-refractivity contribution in [3.05, 3.63) is 65.9 Å². The van der Waals surface area contributed by atoms with Gasteiger partial charge < -0.3 is 11.1 Å². The van der Waals surface area contributed by atoms with E-state index in [9.17, 15) is 0 Å². The fraction of sp³-hybridized carbons (Fsp3) is 0.167. The van der Waals surface area contributed by atoms with Gasteiger partial charge in [0.15, 0.2) is 0 Å². The number of nitrogens with two attached hydrogens (primary N) is 1. The van der Waals surface area contributed by atoms with Crippen molar-refractivity contribution in [2.45, 2.75) is 13.3 Å². The van der Waals surface area contributed by atoms with Gasteiger partial charge in [0, 0.05) is 29.2 Å². The number of anilines is 2. The van der Waals surface area contributed by atoms with Gasteiger partial charge in [0.1, 0.15) is 5.82 Å². The van der Waals surface area contributed by atoms with Crippen LogP contribution in [0.2, 0.25) is 0 Å². The van der Waals surface area contributed by atoms with Crippen molar-refractivity contribution in [1.82, 2.24) is 4.98 Å². The average Bonchev–Trinajstić information content (AvgIpc) is 2.52. The third-order valence-electron chi connectivity index (χ3n) is 3.72. The van der Waals surface area contributed by atoms with Gasteiger partial charge in [0.05, 0.1) is 0 Å². The Kier molecular flexibility index (Phi) is 3.73. The van der Waals surface area contributed by atoms with Gasteiger partial charge >= 0.3 is 0 Å². The van der Waals surface area contributed by atoms with Gasteiger partial charge in [-0.2, -0.15) is 0 Å². The monoisotopic (exact) mass is 277 g/mol. The molecule has 0 saturated heterocycles. The Morgan fingerprint density at radius 2 is 1.86 bits per heavy atom. The lowest BCUT2D eigenvalue weighted by Crippen LogP contribution is -2.07. The number of aromatic nitrogens is 1. The normalized spacial score (nSPS) is 10.7. The summed E-state index contributed by atoms with van der Waals surface area (Å²) in [6.07, 6.45) is 2.78. The van der Waals surface area contributed by atoms with Crippen molar-refractivity contribution in [2.24, 2.45) is 0 Å². The first kappa shape index (κ1) is 13.4. The molecule has 3 aromatic rings. The summed E-state index contributed by atoms with van der Waals surface area (Å²) in [5.74, 6) is 0.910. The van der Waals surface area contributed by atoms with E-state index in [1.54, 1.807) is 0 Å². The van der Waals surface area contributed by atoms with Crippen molar-refractivity contribution in [3.8, 4) is 0 Å². The zero-order valence-corrected chi connectivity index (χ0v) is 12.1. The van der Waals surface area contributed by atoms with E-state index in [4.69, 9.17) is 5.73 Å². The molecule has 1 aromatic heterocycles. The molecule has 0 bridgehead atoms. The average molecular weight is 277 g/mol. The second-order valence-corrected chi connectivity index (χ2v) is 5.22. The van der Waals surface area contributed by atoms with Crippen LogP contribution in [0.5, 0.6) is 0 Å². The van der Waals surface area contributed by atoms with Crippen LogP contribution in [0, 0.1) is 6.92 Å². The fourth-order valence-corrected chi connectivity index (χ4v) is 2.59. The zero-order chi connectivity index (χ0) is 14.7. The number of fused-ring (bicyclic) bond motifs is 1. The highest BCUT2D eigenvalue weighted by atomic mass is 15.0. The Balaban J connectivity index is 1.83. The molecule has 0 spiro atoms. The molecule has 3 heteroatoms. The molecule has 0 aliphatic carbocycles. The van der Waals surface area contributed by atoms with E-state index in [0.717, 1.165) is 35.2 Å². The summed E-state index contributed by atoms with van der Waals surface area (Å²) in [6, 6.07) is 16.4. The first-order valence-electron chi connectivity index (χ1n) is 7.17. The van der Waals surface area contributed by atoms with Gasteiger partial charge in [-0.1, -0.05) is 36.4 Å². The molecule has 3 nitrogen and oxygen atoms in total. The molecule has 0 aliphatic heterocycles. The maximum Gasteiger partial charge on any atom is 0.134 e. The van der Waals surface area contributed by atoms with Crippen LogP contribution in [-0.4, -0.2) is 11.5 Å². The molecule has 3 N–H and O–H groups in total. The fourth-order valence-electron chi connectivity index (χ4n) is 2.59. The molecule has 21 heavy (non-hydrogen) atoms. The number of rotatable bonds is 4. The van der Waals surface area contributed by atoms with Crippen LogP contribution in [-0.2, 0) is 6.42 Å². The van der Waals surface area contributed by atoms with Crippen LogP contribution in [0.25, 0.3) is 10.8 Å². The van der Waals surface area contributed by atoms with Crippen molar-refractivity contribution >= 4 is 22.3 Å². The second-order valence-electron chi connectivity index (χ2n) is 5.22. The Hall–Kier alpha value is -2.55. The first-order chi connectivity index (χ1) is 10.3. The molecule has 2 aromatic carbocycles. The third-order valence-corrected chi connectivity index (χ3v) is 3.72. The SMILES string of the molecule is Cc1ccc(N)c2ccnc(NCCc3ccccc3)c12. The summed E-state index contributed by atoms with van der Waals surface area (Å²) in [4.78, 5) is 4.47. The maximum absolute atomic E-state index is 6.06. The van der Waals surface area contributed by atoms with Crippen LogP contribution >= 0.6 is 0 Å². The van der Waals surface area contributed by atoms with Gasteiger partial charge in [0.2, 0.25) is 0 Å². The third kappa shape index (κ3) is 2.82. The summed E-state index contributed by atoms with van der Waals surface area (Å²) in [5.41, 5.74) is 9.36. The zero-order valence-electron chi connectivity index (χ0n) is 12.1. The van der Waals surface area contributed by atoms with E-state index >= 15 is 0 Å². The maximum atomic E-state index is 6.06. The number of benzene rings is 2. The minimum absolute atomic E-state index is 0.795. The van der Waals surface area contributed by atoms with Gasteiger partial charge in [-0.05, 0) is 36.6 Å². The summed E-state index contributed by atoms with van der Waals surface area (Å²) >= 11 is 0. The molecule has 0 atom stereocenters. The first-order valence-corrected chi connectivity index (χ1v) is 7.17. The van der Waals surface area contributed by atoms with E-state index in [1.807, 2.05) is 30.5 Å². The van der Waals surface area contributed by atoms with Crippen molar-refractivity contribution in [3.63, 3.8) is 0 Å². The molecule has 0 radical (unpaired) electrons. The number of hydrogen-bond donors (Lipinski definition) is 2. The van der Waals surface area contributed by atoms with Crippen LogP contribution < -0.4 is 11.1 Å². The van der Waals surface area contributed by atoms with Gasteiger partial charge in [-0.25, -0.2) is 4.98 Å². The van der Waals surface area contributed by atoms with E-state index in [1.165, 1.54) is 11.1 Å². The van der Waals surface area contributed by atoms with Crippen LogP contribution in [0.15, 0.2) is 54.7 Å². The molecule has 0 aliphatic rings. The molecular weight excluding hydrogens is 258 g/mol. The highest BCUT2D eigenvalue weighted by Crippen LogP contribution is 2.28. The van der Waals surface area contributed by atoms with Crippen molar-refractivity contribution in [1.29, 1.82) is 0 Å². The highest BCUT2D eigenvalue weighted by molar-refractivity contribution is 6.01. The molecule has 106 valence electrons. The predicted molar refractivity (Wildman–Crippen MR) is 89.5 cm³/mol. The lowest BCUT2D eigenvalue weighted by Gasteiger charge is -2.12. The van der Waals surface area contributed by atoms with E-state index < -0.39 is 0 Å². The molecule has 1 heterocycles. The number of aryl methyl sites for hydroxylation is 1. The van der Waals surface area contributed by atoms with Crippen LogP contribution in [0.1, 0.15) is 11.1 Å². The Morgan fingerprint density at radius 3 is 2.67 bits per heavy atom.